The van der Waals surface area contributed by atoms with Gasteiger partial charge in [0.05, 0.1) is 22.2 Å². The highest BCUT2D eigenvalue weighted by Crippen LogP contribution is 2.27. The van der Waals surface area contributed by atoms with E-state index in [1.807, 2.05) is 0 Å². The zero-order valence-corrected chi connectivity index (χ0v) is 10.1. The number of benzene rings is 2. The van der Waals surface area contributed by atoms with Gasteiger partial charge in [0.1, 0.15) is 5.82 Å². The van der Waals surface area contributed by atoms with Crippen molar-refractivity contribution >= 4 is 16.7 Å². The topological polar surface area (TPSA) is 52.0 Å². The number of nitrogens with zero attached hydrogens (tertiary/aromatic N) is 2. The van der Waals surface area contributed by atoms with Crippen LogP contribution in [0.3, 0.4) is 0 Å². The van der Waals surface area contributed by atoms with Crippen molar-refractivity contribution in [2.75, 3.05) is 0 Å². The highest BCUT2D eigenvalue weighted by Gasteiger charge is 2.32. The molecule has 0 bridgehead atoms. The first-order chi connectivity index (χ1) is 9.68. The van der Waals surface area contributed by atoms with Gasteiger partial charge in [-0.1, -0.05) is 18.2 Å². The number of fused-ring (bicyclic) bond motifs is 4. The molecule has 2 heterocycles. The van der Waals surface area contributed by atoms with Crippen LogP contribution in [-0.4, -0.2) is 15.3 Å². The zero-order chi connectivity index (χ0) is 13.9. The summed E-state index contributed by atoms with van der Waals surface area (Å²) in [6.45, 7) is 0. The molecule has 0 spiro atoms. The van der Waals surface area contributed by atoms with Gasteiger partial charge >= 0.3 is 0 Å². The van der Waals surface area contributed by atoms with Gasteiger partial charge < -0.3 is 0 Å². The summed E-state index contributed by atoms with van der Waals surface area (Å²) in [5.41, 5.74) is 0.245. The molecule has 1 aromatic heterocycles. The number of carbonyl (C=O) groups is 1. The van der Waals surface area contributed by atoms with Crippen LogP contribution in [0.5, 0.6) is 0 Å². The Balaban J connectivity index is 2.23. The molecule has 96 valence electrons. The number of aromatic nitrogens is 2. The smallest absolute Gasteiger partial charge is 0.266 e. The molecule has 1 aliphatic rings. The van der Waals surface area contributed by atoms with E-state index in [0.717, 1.165) is 0 Å². The van der Waals surface area contributed by atoms with Crippen LogP contribution in [0.1, 0.15) is 16.2 Å². The molecule has 3 aromatic rings. The van der Waals surface area contributed by atoms with Gasteiger partial charge in [-0.05, 0) is 24.3 Å². The molecule has 0 atom stereocenters. The first-order valence-electron chi connectivity index (χ1n) is 6.04. The fraction of sp³-hybridized carbons (Fsp3) is 0. The molecule has 4 rings (SSSR count). The lowest BCUT2D eigenvalue weighted by atomic mass is 10.1. The van der Waals surface area contributed by atoms with E-state index >= 15 is 0 Å². The summed E-state index contributed by atoms with van der Waals surface area (Å²) in [5.74, 6) is -1.23. The largest absolute Gasteiger partial charge is 0.285 e. The van der Waals surface area contributed by atoms with Crippen molar-refractivity contribution in [3.8, 4) is 5.69 Å². The molecule has 0 saturated carbocycles. The van der Waals surface area contributed by atoms with Gasteiger partial charge in [-0.15, -0.1) is 0 Å². The molecule has 4 nitrogen and oxygen atoms in total. The molecule has 0 unspecified atom stereocenters. The summed E-state index contributed by atoms with van der Waals surface area (Å²) in [6, 6.07) is 11.0. The van der Waals surface area contributed by atoms with Crippen molar-refractivity contribution in [3.05, 3.63) is 70.0 Å². The predicted octanol–water partition coefficient (Wildman–Crippen LogP) is 2.07. The van der Waals surface area contributed by atoms with Gasteiger partial charge in [0.2, 0.25) is 5.78 Å². The van der Waals surface area contributed by atoms with Crippen molar-refractivity contribution in [3.63, 3.8) is 0 Å². The monoisotopic (exact) mass is 266 g/mol. The number of rotatable bonds is 0. The van der Waals surface area contributed by atoms with Crippen molar-refractivity contribution in [1.29, 1.82) is 0 Å². The number of hydrogen-bond donors (Lipinski definition) is 0. The minimum absolute atomic E-state index is 0.0335. The van der Waals surface area contributed by atoms with Crippen LogP contribution in [0.15, 0.2) is 47.3 Å². The molecule has 0 saturated heterocycles. The van der Waals surface area contributed by atoms with E-state index in [-0.39, 0.29) is 22.6 Å². The summed E-state index contributed by atoms with van der Waals surface area (Å²) in [5, 5.41) is 0.404. The van der Waals surface area contributed by atoms with E-state index in [1.54, 1.807) is 30.3 Å². The third kappa shape index (κ3) is 1.21. The van der Waals surface area contributed by atoms with E-state index in [2.05, 4.69) is 4.98 Å². The quantitative estimate of drug-likeness (QED) is 0.489. The van der Waals surface area contributed by atoms with Crippen LogP contribution in [0.25, 0.3) is 16.6 Å². The van der Waals surface area contributed by atoms with Crippen molar-refractivity contribution in [2.45, 2.75) is 0 Å². The molecule has 5 heteroatoms. The molecule has 0 N–H and O–H groups in total. The highest BCUT2D eigenvalue weighted by atomic mass is 19.1. The van der Waals surface area contributed by atoms with Crippen molar-refractivity contribution < 1.29 is 9.18 Å². The van der Waals surface area contributed by atoms with Gasteiger partial charge in [-0.3, -0.25) is 14.2 Å². The lowest BCUT2D eigenvalue weighted by Gasteiger charge is -2.04. The number of hydrogen-bond acceptors (Lipinski definition) is 3. The minimum atomic E-state index is -0.638. The SMILES string of the molecule is O=C1c2c(F)cccc2-n2c1nc1ccccc1c2=O. The lowest BCUT2D eigenvalue weighted by Crippen LogP contribution is -2.21. The van der Waals surface area contributed by atoms with Crippen molar-refractivity contribution in [2.24, 2.45) is 0 Å². The van der Waals surface area contributed by atoms with Gasteiger partial charge in [0.15, 0.2) is 5.82 Å². The summed E-state index contributed by atoms with van der Waals surface area (Å²) in [6.07, 6.45) is 0. The molecule has 2 aromatic carbocycles. The van der Waals surface area contributed by atoms with Gasteiger partial charge in [0, 0.05) is 0 Å². The Labute approximate surface area is 112 Å². The maximum Gasteiger partial charge on any atom is 0.266 e. The molecule has 0 aliphatic carbocycles. The standard InChI is InChI=1S/C15H7FN2O2/c16-9-5-3-7-11-12(9)13(19)14-17-10-6-2-1-4-8(10)15(20)18(11)14/h1-7H. The van der Waals surface area contributed by atoms with Gasteiger partial charge in [-0.25, -0.2) is 9.37 Å². The minimum Gasteiger partial charge on any atom is -0.285 e. The Morgan fingerprint density at radius 1 is 1.00 bits per heavy atom. The lowest BCUT2D eigenvalue weighted by molar-refractivity contribution is 0.103. The molecular formula is C15H7FN2O2. The molecule has 0 radical (unpaired) electrons. The van der Waals surface area contributed by atoms with Crippen LogP contribution in [0.4, 0.5) is 4.39 Å². The first-order valence-corrected chi connectivity index (χ1v) is 6.04. The van der Waals surface area contributed by atoms with Gasteiger partial charge in [0.25, 0.3) is 5.56 Å². The average molecular weight is 266 g/mol. The third-order valence-corrected chi connectivity index (χ3v) is 3.44. The Kier molecular flexibility index (Phi) is 1.99. The summed E-state index contributed by atoms with van der Waals surface area (Å²) >= 11 is 0. The zero-order valence-electron chi connectivity index (χ0n) is 10.1. The number of carbonyl (C=O) groups excluding carboxylic acids is 1. The van der Waals surface area contributed by atoms with E-state index in [4.69, 9.17) is 0 Å². The van der Waals surface area contributed by atoms with E-state index in [0.29, 0.717) is 10.9 Å². The van der Waals surface area contributed by atoms with Crippen LogP contribution in [0, 0.1) is 5.82 Å². The maximum absolute atomic E-state index is 13.8. The van der Waals surface area contributed by atoms with E-state index in [9.17, 15) is 14.0 Å². The van der Waals surface area contributed by atoms with Crippen LogP contribution in [0.2, 0.25) is 0 Å². The molecule has 0 fully saturated rings. The Morgan fingerprint density at radius 3 is 2.65 bits per heavy atom. The van der Waals surface area contributed by atoms with Crippen molar-refractivity contribution in [1.82, 2.24) is 9.55 Å². The normalized spacial score (nSPS) is 12.6. The Bertz CT molecular complexity index is 960. The second-order valence-corrected chi connectivity index (χ2v) is 4.56. The molecule has 20 heavy (non-hydrogen) atoms. The Hall–Kier alpha value is -2.82. The van der Waals surface area contributed by atoms with E-state index in [1.165, 1.54) is 16.7 Å². The highest BCUT2D eigenvalue weighted by molar-refractivity contribution is 6.13. The van der Waals surface area contributed by atoms with E-state index < -0.39 is 11.6 Å². The average Bonchev–Trinajstić information content (AvgIpc) is 2.74. The molecule has 1 aliphatic heterocycles. The number of ketones is 1. The van der Waals surface area contributed by atoms with Crippen LogP contribution >= 0.6 is 0 Å². The summed E-state index contributed by atoms with van der Waals surface area (Å²) < 4.78 is 15.0. The van der Waals surface area contributed by atoms with Crippen LogP contribution in [-0.2, 0) is 0 Å². The second-order valence-electron chi connectivity index (χ2n) is 4.56. The number of halogens is 1. The fourth-order valence-electron chi connectivity index (χ4n) is 2.54. The Morgan fingerprint density at radius 2 is 1.80 bits per heavy atom. The number of para-hydroxylation sites is 1. The predicted molar refractivity (Wildman–Crippen MR) is 70.7 cm³/mol. The van der Waals surface area contributed by atoms with Crippen LogP contribution < -0.4 is 5.56 Å². The first kappa shape index (κ1) is 11.0. The second kappa shape index (κ2) is 3.60. The fourth-order valence-corrected chi connectivity index (χ4v) is 2.54. The maximum atomic E-state index is 13.8. The summed E-state index contributed by atoms with van der Waals surface area (Å²) in [7, 11) is 0. The molecular weight excluding hydrogens is 259 g/mol. The summed E-state index contributed by atoms with van der Waals surface area (Å²) in [4.78, 5) is 28.9. The van der Waals surface area contributed by atoms with Gasteiger partial charge in [-0.2, -0.15) is 0 Å². The third-order valence-electron chi connectivity index (χ3n) is 3.44. The molecule has 0 amide bonds.